The first-order chi connectivity index (χ1) is 14.2. The Morgan fingerprint density at radius 3 is 2.37 bits per heavy atom. The number of aromatic nitrogens is 2. The molecule has 8 heteroatoms. The van der Waals surface area contributed by atoms with Crippen molar-refractivity contribution in [2.75, 3.05) is 16.4 Å². The summed E-state index contributed by atoms with van der Waals surface area (Å²) >= 11 is 2.53. The fourth-order valence-corrected chi connectivity index (χ4v) is 4.18. The number of para-hydroxylation sites is 1. The number of rotatable bonds is 6. The number of benzene rings is 2. The number of thioether (sulfide) groups is 1. The first kappa shape index (κ1) is 22.0. The van der Waals surface area contributed by atoms with Crippen LogP contribution >= 0.6 is 23.1 Å². The van der Waals surface area contributed by atoms with Gasteiger partial charge in [0.05, 0.1) is 5.75 Å². The molecule has 0 unspecified atom stereocenters. The first-order valence-corrected chi connectivity index (χ1v) is 11.3. The van der Waals surface area contributed by atoms with Crippen LogP contribution in [-0.4, -0.2) is 27.8 Å². The van der Waals surface area contributed by atoms with Crippen molar-refractivity contribution >= 4 is 45.7 Å². The molecule has 3 aromatic rings. The van der Waals surface area contributed by atoms with Gasteiger partial charge in [-0.1, -0.05) is 74.2 Å². The lowest BCUT2D eigenvalue weighted by Crippen LogP contribution is -2.14. The fourth-order valence-electron chi connectivity index (χ4n) is 2.64. The molecule has 0 saturated heterocycles. The quantitative estimate of drug-likeness (QED) is 0.410. The fraction of sp³-hybridized carbons (Fsp3) is 0.273. The number of nitrogens with one attached hydrogen (secondary N) is 2. The molecule has 2 N–H and O–H groups in total. The maximum atomic E-state index is 12.4. The predicted octanol–water partition coefficient (Wildman–Crippen LogP) is 5.13. The zero-order valence-corrected chi connectivity index (χ0v) is 19.0. The highest BCUT2D eigenvalue weighted by Crippen LogP contribution is 2.27. The van der Waals surface area contributed by atoms with Crippen molar-refractivity contribution in [2.24, 2.45) is 0 Å². The summed E-state index contributed by atoms with van der Waals surface area (Å²) in [7, 11) is 0. The molecular formula is C22H24N4O2S2. The van der Waals surface area contributed by atoms with Crippen LogP contribution in [-0.2, 0) is 10.2 Å². The molecule has 156 valence electrons. The molecule has 1 aromatic heterocycles. The van der Waals surface area contributed by atoms with Gasteiger partial charge in [-0.25, -0.2) is 0 Å². The Hall–Kier alpha value is -2.71. The molecule has 0 aliphatic rings. The maximum absolute atomic E-state index is 12.4. The lowest BCUT2D eigenvalue weighted by molar-refractivity contribution is -0.113. The number of hydrogen-bond donors (Lipinski definition) is 2. The van der Waals surface area contributed by atoms with Crippen LogP contribution < -0.4 is 10.6 Å². The summed E-state index contributed by atoms with van der Waals surface area (Å²) in [6.07, 6.45) is 0. The predicted molar refractivity (Wildman–Crippen MR) is 124 cm³/mol. The van der Waals surface area contributed by atoms with E-state index in [1.807, 2.05) is 55.5 Å². The van der Waals surface area contributed by atoms with E-state index in [0.29, 0.717) is 15.0 Å². The average molecular weight is 441 g/mol. The second-order valence-electron chi connectivity index (χ2n) is 7.81. The Bertz CT molecular complexity index is 1040. The molecule has 2 aromatic carbocycles. The highest BCUT2D eigenvalue weighted by molar-refractivity contribution is 8.01. The van der Waals surface area contributed by atoms with E-state index in [2.05, 4.69) is 41.6 Å². The molecule has 0 aliphatic carbocycles. The molecule has 1 heterocycles. The van der Waals surface area contributed by atoms with E-state index in [1.54, 1.807) is 0 Å². The lowest BCUT2D eigenvalue weighted by atomic mass is 9.87. The van der Waals surface area contributed by atoms with Gasteiger partial charge in [0.1, 0.15) is 0 Å². The molecule has 0 saturated carbocycles. The standard InChI is InChI=1S/C22H24N4O2S2/c1-14-7-5-6-8-17(14)23-18(27)13-29-21-26-25-20(30-21)24-19(28)15-9-11-16(12-10-15)22(2,3)4/h5-12H,13H2,1-4H3,(H,23,27)(H,24,25,28). The van der Waals surface area contributed by atoms with Gasteiger partial charge in [0.15, 0.2) is 4.34 Å². The first-order valence-electron chi connectivity index (χ1n) is 9.46. The molecule has 0 fully saturated rings. The third-order valence-electron chi connectivity index (χ3n) is 4.39. The number of carbonyl (C=O) groups is 2. The summed E-state index contributed by atoms with van der Waals surface area (Å²) in [5.41, 5.74) is 3.56. The number of carbonyl (C=O) groups excluding carboxylic acids is 2. The van der Waals surface area contributed by atoms with Crippen molar-refractivity contribution in [3.8, 4) is 0 Å². The van der Waals surface area contributed by atoms with Crippen LogP contribution in [0, 0.1) is 6.92 Å². The van der Waals surface area contributed by atoms with Crippen molar-refractivity contribution in [2.45, 2.75) is 37.4 Å². The second-order valence-corrected chi connectivity index (χ2v) is 10.0. The van der Waals surface area contributed by atoms with E-state index in [-0.39, 0.29) is 23.0 Å². The molecule has 6 nitrogen and oxygen atoms in total. The zero-order valence-electron chi connectivity index (χ0n) is 17.4. The highest BCUT2D eigenvalue weighted by atomic mass is 32.2. The minimum atomic E-state index is -0.236. The number of nitrogens with zero attached hydrogens (tertiary/aromatic N) is 2. The van der Waals surface area contributed by atoms with E-state index >= 15 is 0 Å². The minimum absolute atomic E-state index is 0.0336. The second kappa shape index (κ2) is 9.40. The summed E-state index contributed by atoms with van der Waals surface area (Å²) in [4.78, 5) is 24.6. The van der Waals surface area contributed by atoms with Gasteiger partial charge in [0.2, 0.25) is 11.0 Å². The number of hydrogen-bond acceptors (Lipinski definition) is 6. The van der Waals surface area contributed by atoms with Gasteiger partial charge in [-0.2, -0.15) is 0 Å². The average Bonchev–Trinajstić information content (AvgIpc) is 3.15. The normalized spacial score (nSPS) is 11.2. The van der Waals surface area contributed by atoms with Gasteiger partial charge in [-0.3, -0.25) is 14.9 Å². The van der Waals surface area contributed by atoms with Crippen molar-refractivity contribution in [1.82, 2.24) is 10.2 Å². The van der Waals surface area contributed by atoms with E-state index in [1.165, 1.54) is 23.1 Å². The van der Waals surface area contributed by atoms with Gasteiger partial charge in [-0.15, -0.1) is 10.2 Å². The Morgan fingerprint density at radius 1 is 1.00 bits per heavy atom. The van der Waals surface area contributed by atoms with E-state index in [0.717, 1.165) is 16.8 Å². The molecule has 2 amide bonds. The van der Waals surface area contributed by atoms with Crippen LogP contribution in [0.4, 0.5) is 10.8 Å². The number of aryl methyl sites for hydroxylation is 1. The summed E-state index contributed by atoms with van der Waals surface area (Å²) in [6, 6.07) is 15.2. The third kappa shape index (κ3) is 5.90. The largest absolute Gasteiger partial charge is 0.325 e. The van der Waals surface area contributed by atoms with Crippen LogP contribution in [0.25, 0.3) is 0 Å². The zero-order chi connectivity index (χ0) is 21.7. The molecule has 0 bridgehead atoms. The van der Waals surface area contributed by atoms with Crippen LogP contribution in [0.1, 0.15) is 42.3 Å². The molecule has 3 rings (SSSR count). The molecule has 30 heavy (non-hydrogen) atoms. The third-order valence-corrected chi connectivity index (χ3v) is 6.36. The Kier molecular flexibility index (Phi) is 6.89. The van der Waals surface area contributed by atoms with Gasteiger partial charge >= 0.3 is 0 Å². The molecule has 0 atom stereocenters. The monoisotopic (exact) mass is 440 g/mol. The highest BCUT2D eigenvalue weighted by Gasteiger charge is 2.16. The van der Waals surface area contributed by atoms with Crippen LogP contribution in [0.15, 0.2) is 52.9 Å². The summed E-state index contributed by atoms with van der Waals surface area (Å²) < 4.78 is 0.619. The Balaban J connectivity index is 1.53. The van der Waals surface area contributed by atoms with Crippen molar-refractivity contribution in [1.29, 1.82) is 0 Å². The van der Waals surface area contributed by atoms with Crippen molar-refractivity contribution in [3.63, 3.8) is 0 Å². The van der Waals surface area contributed by atoms with Crippen LogP contribution in [0.5, 0.6) is 0 Å². The van der Waals surface area contributed by atoms with E-state index < -0.39 is 0 Å². The van der Waals surface area contributed by atoms with Gasteiger partial charge in [-0.05, 0) is 41.7 Å². The lowest BCUT2D eigenvalue weighted by Gasteiger charge is -2.18. The molecule has 0 spiro atoms. The maximum Gasteiger partial charge on any atom is 0.257 e. The SMILES string of the molecule is Cc1ccccc1NC(=O)CSc1nnc(NC(=O)c2ccc(C(C)(C)C)cc2)s1. The smallest absolute Gasteiger partial charge is 0.257 e. The Labute approximate surface area is 184 Å². The van der Waals surface area contributed by atoms with E-state index in [9.17, 15) is 9.59 Å². The van der Waals surface area contributed by atoms with Crippen molar-refractivity contribution in [3.05, 3.63) is 65.2 Å². The van der Waals surface area contributed by atoms with Crippen LogP contribution in [0.3, 0.4) is 0 Å². The van der Waals surface area contributed by atoms with E-state index in [4.69, 9.17) is 0 Å². The summed E-state index contributed by atoms with van der Waals surface area (Å²) in [6.45, 7) is 8.33. The van der Waals surface area contributed by atoms with Gasteiger partial charge in [0, 0.05) is 11.3 Å². The Morgan fingerprint density at radius 2 is 1.70 bits per heavy atom. The van der Waals surface area contributed by atoms with Crippen LogP contribution in [0.2, 0.25) is 0 Å². The van der Waals surface area contributed by atoms with Crippen molar-refractivity contribution < 1.29 is 9.59 Å². The number of anilines is 2. The van der Waals surface area contributed by atoms with Gasteiger partial charge < -0.3 is 5.32 Å². The molecule has 0 aliphatic heterocycles. The topological polar surface area (TPSA) is 84.0 Å². The summed E-state index contributed by atoms with van der Waals surface area (Å²) in [5, 5.41) is 14.1. The molecule has 0 radical (unpaired) electrons. The minimum Gasteiger partial charge on any atom is -0.325 e. The number of amides is 2. The summed E-state index contributed by atoms with van der Waals surface area (Å²) in [5.74, 6) is -0.139. The van der Waals surface area contributed by atoms with Gasteiger partial charge in [0.25, 0.3) is 5.91 Å². The molecular weight excluding hydrogens is 416 g/mol.